The third kappa shape index (κ3) is 4.63. The number of non-ortho nitro benzene ring substituents is 1. The summed E-state index contributed by atoms with van der Waals surface area (Å²) in [5, 5.41) is 13.1. The number of nitro groups is 1. The summed E-state index contributed by atoms with van der Waals surface area (Å²) in [6, 6.07) is 11.9. The van der Waals surface area contributed by atoms with Gasteiger partial charge in [-0.2, -0.15) is 0 Å². The van der Waals surface area contributed by atoms with Crippen molar-refractivity contribution in [2.45, 2.75) is 6.92 Å². The summed E-state index contributed by atoms with van der Waals surface area (Å²) in [5.74, 6) is -0.0536. The molecule has 7 nitrogen and oxygen atoms in total. The van der Waals surface area contributed by atoms with Gasteiger partial charge in [0, 0.05) is 30.3 Å². The van der Waals surface area contributed by atoms with Gasteiger partial charge < -0.3 is 10.1 Å². The maximum atomic E-state index is 12.0. The lowest BCUT2D eigenvalue weighted by Gasteiger charge is -2.06. The van der Waals surface area contributed by atoms with E-state index >= 15 is 0 Å². The van der Waals surface area contributed by atoms with Crippen LogP contribution in [0.1, 0.15) is 17.3 Å². The Morgan fingerprint density at radius 2 is 1.70 bits per heavy atom. The van der Waals surface area contributed by atoms with Crippen molar-refractivity contribution in [1.82, 2.24) is 0 Å². The number of amides is 1. The molecule has 1 amide bonds. The molecule has 1 N–H and O–H groups in total. The Hall–Kier alpha value is -3.22. The predicted octanol–water partition coefficient (Wildman–Crippen LogP) is 2.81. The van der Waals surface area contributed by atoms with E-state index in [0.717, 1.165) is 0 Å². The highest BCUT2D eigenvalue weighted by Crippen LogP contribution is 2.17. The number of ketones is 1. The van der Waals surface area contributed by atoms with E-state index in [9.17, 15) is 19.7 Å². The van der Waals surface area contributed by atoms with Gasteiger partial charge in [-0.25, -0.2) is 0 Å². The molecule has 2 aromatic rings. The zero-order valence-electron chi connectivity index (χ0n) is 12.3. The minimum atomic E-state index is -0.508. The first kappa shape index (κ1) is 16.2. The summed E-state index contributed by atoms with van der Waals surface area (Å²) in [7, 11) is 0. The number of rotatable bonds is 6. The number of hydrogen-bond acceptors (Lipinski definition) is 5. The van der Waals surface area contributed by atoms with Crippen LogP contribution in [0, 0.1) is 10.1 Å². The molecule has 0 unspecified atom stereocenters. The predicted molar refractivity (Wildman–Crippen MR) is 83.7 cm³/mol. The fraction of sp³-hybridized carbons (Fsp3) is 0.125. The first-order valence-electron chi connectivity index (χ1n) is 6.74. The number of carbonyl (C=O) groups is 2. The summed E-state index contributed by atoms with van der Waals surface area (Å²) < 4.78 is 5.31. The number of nitro benzene ring substituents is 1. The molecule has 2 rings (SSSR count). The number of nitrogens with one attached hydrogen (secondary N) is 1. The summed E-state index contributed by atoms with van der Waals surface area (Å²) >= 11 is 0. The van der Waals surface area contributed by atoms with Crippen LogP contribution in [0.5, 0.6) is 5.75 Å². The van der Waals surface area contributed by atoms with E-state index in [1.807, 2.05) is 0 Å². The van der Waals surface area contributed by atoms with Crippen LogP contribution in [0.2, 0.25) is 0 Å². The average Bonchev–Trinajstić information content (AvgIpc) is 2.53. The van der Waals surface area contributed by atoms with Gasteiger partial charge in [-0.05, 0) is 36.4 Å². The van der Waals surface area contributed by atoms with Gasteiger partial charge in [0.05, 0.1) is 4.92 Å². The maximum absolute atomic E-state index is 12.0. The Kier molecular flexibility index (Phi) is 5.03. The third-order valence-electron chi connectivity index (χ3n) is 2.94. The Balaban J connectivity index is 1.93. The molecule has 23 heavy (non-hydrogen) atoms. The molecule has 118 valence electrons. The topological polar surface area (TPSA) is 98.5 Å². The molecule has 0 aliphatic rings. The van der Waals surface area contributed by atoms with Gasteiger partial charge in [-0.1, -0.05) is 0 Å². The third-order valence-corrected chi connectivity index (χ3v) is 2.94. The van der Waals surface area contributed by atoms with Crippen LogP contribution in [0.3, 0.4) is 0 Å². The van der Waals surface area contributed by atoms with E-state index in [2.05, 4.69) is 5.32 Å². The number of benzene rings is 2. The minimum Gasteiger partial charge on any atom is -0.485 e. The highest BCUT2D eigenvalue weighted by molar-refractivity contribution is 5.98. The van der Waals surface area contributed by atoms with Crippen molar-refractivity contribution in [3.05, 3.63) is 64.2 Å². The monoisotopic (exact) mass is 314 g/mol. The van der Waals surface area contributed by atoms with Crippen molar-refractivity contribution in [3.63, 3.8) is 0 Å². The first-order chi connectivity index (χ1) is 11.0. The Labute approximate surface area is 132 Å². The Morgan fingerprint density at radius 3 is 2.22 bits per heavy atom. The summed E-state index contributed by atoms with van der Waals surface area (Å²) in [6.45, 7) is 1.22. The molecule has 0 radical (unpaired) electrons. The number of nitrogens with zero attached hydrogens (tertiary/aromatic N) is 1. The average molecular weight is 314 g/mol. The molecule has 7 heteroatoms. The molecule has 0 spiro atoms. The van der Waals surface area contributed by atoms with Gasteiger partial charge in [0.25, 0.3) is 5.69 Å². The van der Waals surface area contributed by atoms with Gasteiger partial charge >= 0.3 is 0 Å². The molecule has 0 saturated heterocycles. The van der Waals surface area contributed by atoms with Crippen LogP contribution in [0.4, 0.5) is 11.4 Å². The van der Waals surface area contributed by atoms with E-state index in [1.165, 1.54) is 31.2 Å². The number of Topliss-reactive ketones (excluding diaryl/α,β-unsaturated/α-hetero) is 1. The largest absolute Gasteiger partial charge is 0.485 e. The number of ether oxygens (including phenoxy) is 1. The van der Waals surface area contributed by atoms with Crippen LogP contribution in [-0.2, 0) is 4.79 Å². The molecule has 0 atom stereocenters. The Bertz CT molecular complexity index is 723. The lowest BCUT2D eigenvalue weighted by molar-refractivity contribution is -0.384. The van der Waals surface area contributed by atoms with Crippen molar-refractivity contribution in [2.24, 2.45) is 0 Å². The Morgan fingerprint density at radius 1 is 1.09 bits per heavy atom. The van der Waals surface area contributed by atoms with E-state index in [0.29, 0.717) is 17.0 Å². The first-order valence-corrected chi connectivity index (χ1v) is 6.74. The van der Waals surface area contributed by atoms with Gasteiger partial charge in [-0.15, -0.1) is 0 Å². The van der Waals surface area contributed by atoms with Crippen LogP contribution in [-0.4, -0.2) is 23.2 Å². The lowest BCUT2D eigenvalue weighted by atomic mass is 10.1. The zero-order valence-corrected chi connectivity index (χ0v) is 12.3. The van der Waals surface area contributed by atoms with Gasteiger partial charge in [0.15, 0.2) is 12.4 Å². The second-order valence-electron chi connectivity index (χ2n) is 4.72. The van der Waals surface area contributed by atoms with Crippen molar-refractivity contribution >= 4 is 23.1 Å². The molecule has 0 heterocycles. The molecule has 0 aliphatic heterocycles. The van der Waals surface area contributed by atoms with E-state index in [4.69, 9.17) is 4.74 Å². The summed E-state index contributed by atoms with van der Waals surface area (Å²) in [6.07, 6.45) is 0. The number of carbonyl (C=O) groups excluding carboxylic acids is 2. The smallest absolute Gasteiger partial charge is 0.269 e. The summed E-state index contributed by atoms with van der Waals surface area (Å²) in [5.41, 5.74) is 1.00. The van der Waals surface area contributed by atoms with E-state index < -0.39 is 4.92 Å². The SMILES string of the molecule is CC(=O)Nc1ccc(C(=O)COc2ccc([N+](=O)[O-])cc2)cc1. The molecule has 0 aliphatic carbocycles. The summed E-state index contributed by atoms with van der Waals surface area (Å²) in [4.78, 5) is 33.0. The standard InChI is InChI=1S/C16H14N2O5/c1-11(19)17-13-4-2-12(3-5-13)16(20)10-23-15-8-6-14(7-9-15)18(21)22/h2-9H,10H2,1H3,(H,17,19). The van der Waals surface area contributed by atoms with Gasteiger partial charge in [0.1, 0.15) is 5.75 Å². The maximum Gasteiger partial charge on any atom is 0.269 e. The fourth-order valence-electron chi connectivity index (χ4n) is 1.84. The normalized spacial score (nSPS) is 9.96. The quantitative estimate of drug-likeness (QED) is 0.502. The van der Waals surface area contributed by atoms with Crippen molar-refractivity contribution < 1.29 is 19.2 Å². The second kappa shape index (κ2) is 7.17. The highest BCUT2D eigenvalue weighted by atomic mass is 16.6. The van der Waals surface area contributed by atoms with E-state index in [1.54, 1.807) is 24.3 Å². The molecular weight excluding hydrogens is 300 g/mol. The molecule has 0 saturated carbocycles. The number of hydrogen-bond donors (Lipinski definition) is 1. The second-order valence-corrected chi connectivity index (χ2v) is 4.72. The van der Waals surface area contributed by atoms with Crippen LogP contribution in [0.25, 0.3) is 0 Å². The highest BCUT2D eigenvalue weighted by Gasteiger charge is 2.09. The lowest BCUT2D eigenvalue weighted by Crippen LogP contribution is -2.12. The van der Waals surface area contributed by atoms with Gasteiger partial charge in [-0.3, -0.25) is 19.7 Å². The van der Waals surface area contributed by atoms with Crippen LogP contribution >= 0.6 is 0 Å². The molecule has 2 aromatic carbocycles. The van der Waals surface area contributed by atoms with Gasteiger partial charge in [0.2, 0.25) is 5.91 Å². The van der Waals surface area contributed by atoms with Crippen LogP contribution < -0.4 is 10.1 Å². The zero-order chi connectivity index (χ0) is 16.8. The van der Waals surface area contributed by atoms with E-state index in [-0.39, 0.29) is 24.0 Å². The number of anilines is 1. The molecule has 0 fully saturated rings. The molecule has 0 aromatic heterocycles. The van der Waals surface area contributed by atoms with Crippen molar-refractivity contribution in [3.8, 4) is 5.75 Å². The van der Waals surface area contributed by atoms with Crippen molar-refractivity contribution in [2.75, 3.05) is 11.9 Å². The van der Waals surface area contributed by atoms with Crippen LogP contribution in [0.15, 0.2) is 48.5 Å². The van der Waals surface area contributed by atoms with Crippen molar-refractivity contribution in [1.29, 1.82) is 0 Å². The molecule has 0 bridgehead atoms. The molecular formula is C16H14N2O5. The fourth-order valence-corrected chi connectivity index (χ4v) is 1.84. The minimum absolute atomic E-state index is 0.0442.